The van der Waals surface area contributed by atoms with E-state index in [4.69, 9.17) is 29.4 Å². The van der Waals surface area contributed by atoms with E-state index in [9.17, 15) is 10.1 Å². The molecule has 0 radical (unpaired) electrons. The van der Waals surface area contributed by atoms with Gasteiger partial charge in [-0.1, -0.05) is 22.0 Å². The standard InChI is InChI=1S/C27H24BrN3O6/c1-14-8-23-25(27(32)31(14)7-6-15-4-5-19(33-2)20(9-15)34-3)24(17(12-29)26(30)37-23)16-10-21-22(11-18(16)28)36-13-35-21/h4-5,8-11,24H,6-7,13,30H2,1-3H3. The highest BCUT2D eigenvalue weighted by Gasteiger charge is 2.36. The van der Waals surface area contributed by atoms with Gasteiger partial charge in [0.15, 0.2) is 23.0 Å². The molecule has 2 aromatic carbocycles. The Bertz CT molecular complexity index is 1540. The van der Waals surface area contributed by atoms with E-state index in [0.29, 0.717) is 63.0 Å². The van der Waals surface area contributed by atoms with Gasteiger partial charge in [-0.2, -0.15) is 5.26 Å². The summed E-state index contributed by atoms with van der Waals surface area (Å²) in [4.78, 5) is 14.0. The zero-order valence-electron chi connectivity index (χ0n) is 20.5. The molecule has 0 bridgehead atoms. The van der Waals surface area contributed by atoms with E-state index >= 15 is 0 Å². The Morgan fingerprint density at radius 2 is 1.84 bits per heavy atom. The molecule has 2 aliphatic heterocycles. The van der Waals surface area contributed by atoms with Crippen molar-refractivity contribution in [3.63, 3.8) is 0 Å². The Labute approximate surface area is 221 Å². The lowest BCUT2D eigenvalue weighted by molar-refractivity contribution is 0.174. The Balaban J connectivity index is 1.59. The van der Waals surface area contributed by atoms with Crippen LogP contribution in [-0.4, -0.2) is 25.6 Å². The topological polar surface area (TPSA) is 118 Å². The van der Waals surface area contributed by atoms with Gasteiger partial charge in [0.05, 0.1) is 25.7 Å². The number of nitriles is 1. The van der Waals surface area contributed by atoms with Crippen LogP contribution in [0.2, 0.25) is 0 Å². The predicted molar refractivity (Wildman–Crippen MR) is 138 cm³/mol. The van der Waals surface area contributed by atoms with E-state index in [-0.39, 0.29) is 23.8 Å². The van der Waals surface area contributed by atoms with Crippen molar-refractivity contribution < 1.29 is 23.7 Å². The highest BCUT2D eigenvalue weighted by molar-refractivity contribution is 9.10. The molecule has 1 unspecified atom stereocenters. The van der Waals surface area contributed by atoms with Gasteiger partial charge in [0.2, 0.25) is 12.7 Å². The van der Waals surface area contributed by atoms with Crippen molar-refractivity contribution in [1.82, 2.24) is 4.57 Å². The van der Waals surface area contributed by atoms with Gasteiger partial charge in [-0.3, -0.25) is 4.79 Å². The van der Waals surface area contributed by atoms with Crippen LogP contribution in [0.1, 0.15) is 28.3 Å². The fraction of sp³-hybridized carbons (Fsp3) is 0.259. The minimum absolute atomic E-state index is 0.0357. The fourth-order valence-corrected chi connectivity index (χ4v) is 5.26. The zero-order chi connectivity index (χ0) is 26.3. The van der Waals surface area contributed by atoms with Crippen LogP contribution in [0, 0.1) is 18.3 Å². The molecule has 3 aromatic rings. The molecule has 9 nitrogen and oxygen atoms in total. The first-order valence-electron chi connectivity index (χ1n) is 11.5. The number of hydrogen-bond acceptors (Lipinski definition) is 8. The van der Waals surface area contributed by atoms with Gasteiger partial charge >= 0.3 is 0 Å². The molecule has 1 aromatic heterocycles. The molecule has 190 valence electrons. The molecule has 2 aliphatic rings. The molecule has 5 rings (SSSR count). The molecule has 3 heterocycles. The molecule has 0 spiro atoms. The predicted octanol–water partition coefficient (Wildman–Crippen LogP) is 4.13. The average Bonchev–Trinajstić information content (AvgIpc) is 3.34. The molecule has 0 amide bonds. The lowest BCUT2D eigenvalue weighted by atomic mass is 9.83. The number of fused-ring (bicyclic) bond motifs is 2. The molecule has 0 aliphatic carbocycles. The van der Waals surface area contributed by atoms with Crippen LogP contribution in [-0.2, 0) is 13.0 Å². The van der Waals surface area contributed by atoms with Gasteiger partial charge in [0, 0.05) is 22.8 Å². The van der Waals surface area contributed by atoms with Gasteiger partial charge in [0.25, 0.3) is 5.56 Å². The summed E-state index contributed by atoms with van der Waals surface area (Å²) < 4.78 is 29.9. The molecule has 1 atom stereocenters. The van der Waals surface area contributed by atoms with E-state index in [2.05, 4.69) is 22.0 Å². The van der Waals surface area contributed by atoms with E-state index < -0.39 is 5.92 Å². The third-order valence-electron chi connectivity index (χ3n) is 6.56. The number of rotatable bonds is 6. The Morgan fingerprint density at radius 3 is 2.54 bits per heavy atom. The highest BCUT2D eigenvalue weighted by atomic mass is 79.9. The summed E-state index contributed by atoms with van der Waals surface area (Å²) in [5.74, 6) is 1.91. The zero-order valence-corrected chi connectivity index (χ0v) is 22.0. The Morgan fingerprint density at radius 1 is 1.11 bits per heavy atom. The number of benzene rings is 2. The lowest BCUT2D eigenvalue weighted by Gasteiger charge is -2.28. The second-order valence-electron chi connectivity index (χ2n) is 8.61. The quantitative estimate of drug-likeness (QED) is 0.474. The number of ether oxygens (including phenoxy) is 5. The van der Waals surface area contributed by atoms with Crippen LogP contribution in [0.3, 0.4) is 0 Å². The van der Waals surface area contributed by atoms with Crippen LogP contribution in [0.4, 0.5) is 0 Å². The SMILES string of the molecule is COc1ccc(CCn2c(C)cc3c(c2=O)C(c2cc4c(cc2Br)OCO4)C(C#N)=C(N)O3)cc1OC. The molecule has 0 fully saturated rings. The van der Waals surface area contributed by atoms with Crippen molar-refractivity contribution in [2.45, 2.75) is 25.8 Å². The average molecular weight is 566 g/mol. The minimum atomic E-state index is -0.752. The monoisotopic (exact) mass is 565 g/mol. The number of aromatic nitrogens is 1. The number of nitrogens with zero attached hydrogens (tertiary/aromatic N) is 2. The molecule has 0 saturated heterocycles. The summed E-state index contributed by atoms with van der Waals surface area (Å²) >= 11 is 3.58. The molecule has 2 N–H and O–H groups in total. The first kappa shape index (κ1) is 24.6. The highest BCUT2D eigenvalue weighted by Crippen LogP contribution is 2.46. The van der Waals surface area contributed by atoms with Gasteiger partial charge in [-0.15, -0.1) is 0 Å². The summed E-state index contributed by atoms with van der Waals surface area (Å²) in [6, 6.07) is 13.1. The van der Waals surface area contributed by atoms with E-state index in [1.54, 1.807) is 37.0 Å². The van der Waals surface area contributed by atoms with E-state index in [1.807, 2.05) is 25.1 Å². The molecule has 10 heteroatoms. The van der Waals surface area contributed by atoms with Crippen LogP contribution >= 0.6 is 15.9 Å². The normalized spacial score (nSPS) is 15.6. The molecular weight excluding hydrogens is 542 g/mol. The van der Waals surface area contributed by atoms with Crippen LogP contribution in [0.25, 0.3) is 0 Å². The van der Waals surface area contributed by atoms with Gasteiger partial charge in [-0.25, -0.2) is 0 Å². The first-order valence-corrected chi connectivity index (χ1v) is 12.3. The smallest absolute Gasteiger partial charge is 0.258 e. The van der Waals surface area contributed by atoms with Crippen molar-refractivity contribution >= 4 is 15.9 Å². The van der Waals surface area contributed by atoms with E-state index in [1.165, 1.54) is 0 Å². The number of hydrogen-bond donors (Lipinski definition) is 1. The summed E-state index contributed by atoms with van der Waals surface area (Å²) in [7, 11) is 3.17. The first-order chi connectivity index (χ1) is 17.9. The summed E-state index contributed by atoms with van der Waals surface area (Å²) in [5, 5.41) is 9.99. The Kier molecular flexibility index (Phi) is 6.48. The molecular formula is C27H24BrN3O6. The third-order valence-corrected chi connectivity index (χ3v) is 7.25. The van der Waals surface area contributed by atoms with Crippen LogP contribution in [0.15, 0.2) is 57.1 Å². The Hall–Kier alpha value is -4.10. The minimum Gasteiger partial charge on any atom is -0.493 e. The van der Waals surface area contributed by atoms with Crippen molar-refractivity contribution in [2.75, 3.05) is 21.0 Å². The number of methoxy groups -OCH3 is 2. The maximum absolute atomic E-state index is 14.0. The maximum Gasteiger partial charge on any atom is 0.258 e. The number of nitrogens with two attached hydrogens (primary N) is 1. The van der Waals surface area contributed by atoms with Crippen molar-refractivity contribution in [2.24, 2.45) is 5.73 Å². The van der Waals surface area contributed by atoms with Crippen molar-refractivity contribution in [3.05, 3.63) is 85.1 Å². The fourth-order valence-electron chi connectivity index (χ4n) is 4.71. The maximum atomic E-state index is 14.0. The third kappa shape index (κ3) is 4.25. The van der Waals surface area contributed by atoms with Gasteiger partial charge < -0.3 is 34.0 Å². The number of allylic oxidation sites excluding steroid dienone is 1. The summed E-state index contributed by atoms with van der Waals surface area (Å²) in [5.41, 5.74) is 8.73. The second-order valence-corrected chi connectivity index (χ2v) is 9.47. The summed E-state index contributed by atoms with van der Waals surface area (Å²) in [6.07, 6.45) is 0.572. The van der Waals surface area contributed by atoms with Crippen LogP contribution in [0.5, 0.6) is 28.7 Å². The van der Waals surface area contributed by atoms with Crippen molar-refractivity contribution in [3.8, 4) is 34.8 Å². The molecule has 37 heavy (non-hydrogen) atoms. The largest absolute Gasteiger partial charge is 0.493 e. The van der Waals surface area contributed by atoms with Crippen LogP contribution < -0.4 is 35.0 Å². The lowest BCUT2D eigenvalue weighted by Crippen LogP contribution is -2.33. The second kappa shape index (κ2) is 9.75. The van der Waals surface area contributed by atoms with E-state index in [0.717, 1.165) is 5.56 Å². The van der Waals surface area contributed by atoms with Gasteiger partial charge in [0.1, 0.15) is 17.4 Å². The number of aryl methyl sites for hydroxylation is 2. The van der Waals surface area contributed by atoms with Gasteiger partial charge in [-0.05, 0) is 48.7 Å². The number of pyridine rings is 1. The number of halogens is 1. The summed E-state index contributed by atoms with van der Waals surface area (Å²) in [6.45, 7) is 2.34. The molecule has 0 saturated carbocycles. The van der Waals surface area contributed by atoms with Crippen molar-refractivity contribution in [1.29, 1.82) is 5.26 Å².